The first-order valence-corrected chi connectivity index (χ1v) is 9.03. The van der Waals surface area contributed by atoms with E-state index in [1.165, 1.54) is 5.56 Å². The third-order valence-corrected chi connectivity index (χ3v) is 6.25. The molecule has 0 bridgehead atoms. The number of aryl methyl sites for hydroxylation is 1. The van der Waals surface area contributed by atoms with Crippen molar-refractivity contribution in [2.24, 2.45) is 0 Å². The second kappa shape index (κ2) is 6.84. The van der Waals surface area contributed by atoms with E-state index >= 15 is 0 Å². The molecule has 0 saturated heterocycles. The quantitative estimate of drug-likeness (QED) is 0.906. The van der Waals surface area contributed by atoms with Crippen molar-refractivity contribution in [3.63, 3.8) is 0 Å². The van der Waals surface area contributed by atoms with E-state index in [2.05, 4.69) is 39.2 Å². The van der Waals surface area contributed by atoms with Crippen LogP contribution in [0.2, 0.25) is 0 Å². The van der Waals surface area contributed by atoms with Gasteiger partial charge < -0.3 is 5.32 Å². The van der Waals surface area contributed by atoms with Gasteiger partial charge in [-0.2, -0.15) is 0 Å². The van der Waals surface area contributed by atoms with Crippen molar-refractivity contribution in [1.82, 2.24) is 4.98 Å². The van der Waals surface area contributed by atoms with E-state index < -0.39 is 10.8 Å². The summed E-state index contributed by atoms with van der Waals surface area (Å²) < 4.78 is 13.0. The Kier molecular flexibility index (Phi) is 5.39. The average Bonchev–Trinajstić information content (AvgIpc) is 2.42. The van der Waals surface area contributed by atoms with Gasteiger partial charge >= 0.3 is 0 Å². The SMILES string of the molecule is CCS(=O)C1CCCC(Nc2cc(C)c(Br)cn2)C1. The summed E-state index contributed by atoms with van der Waals surface area (Å²) in [6.45, 7) is 4.07. The van der Waals surface area contributed by atoms with Crippen LogP contribution in [0.3, 0.4) is 0 Å². The Morgan fingerprint density at radius 1 is 1.53 bits per heavy atom. The highest BCUT2D eigenvalue weighted by Gasteiger charge is 2.25. The van der Waals surface area contributed by atoms with Crippen LogP contribution in [0.5, 0.6) is 0 Å². The molecule has 3 nitrogen and oxygen atoms in total. The van der Waals surface area contributed by atoms with Crippen molar-refractivity contribution in [1.29, 1.82) is 0 Å². The number of anilines is 1. The largest absolute Gasteiger partial charge is 0.367 e. The highest BCUT2D eigenvalue weighted by atomic mass is 79.9. The summed E-state index contributed by atoms with van der Waals surface area (Å²) in [4.78, 5) is 4.39. The monoisotopic (exact) mass is 344 g/mol. The lowest BCUT2D eigenvalue weighted by Gasteiger charge is -2.29. The number of halogens is 1. The summed E-state index contributed by atoms with van der Waals surface area (Å²) in [5, 5.41) is 3.85. The molecule has 106 valence electrons. The number of hydrogen-bond acceptors (Lipinski definition) is 3. The molecule has 0 aromatic carbocycles. The van der Waals surface area contributed by atoms with Crippen molar-refractivity contribution in [3.8, 4) is 0 Å². The smallest absolute Gasteiger partial charge is 0.126 e. The topological polar surface area (TPSA) is 42.0 Å². The zero-order valence-corrected chi connectivity index (χ0v) is 13.9. The predicted octanol–water partition coefficient (Wildman–Crippen LogP) is 3.64. The Labute approximate surface area is 126 Å². The van der Waals surface area contributed by atoms with E-state index in [0.29, 0.717) is 11.3 Å². The van der Waals surface area contributed by atoms with E-state index in [4.69, 9.17) is 0 Å². The van der Waals surface area contributed by atoms with Gasteiger partial charge in [-0.05, 0) is 53.7 Å². The van der Waals surface area contributed by atoms with Crippen LogP contribution in [0.4, 0.5) is 5.82 Å². The van der Waals surface area contributed by atoms with Crippen LogP contribution in [0.1, 0.15) is 38.2 Å². The van der Waals surface area contributed by atoms with Crippen molar-refractivity contribution in [2.45, 2.75) is 50.8 Å². The molecule has 1 aliphatic carbocycles. The second-order valence-electron chi connectivity index (χ2n) is 5.12. The molecule has 3 unspecified atom stereocenters. The molecule has 0 amide bonds. The van der Waals surface area contributed by atoms with Gasteiger partial charge in [0.2, 0.25) is 0 Å². The van der Waals surface area contributed by atoms with Gasteiger partial charge in [0.25, 0.3) is 0 Å². The molecule has 2 rings (SSSR count). The van der Waals surface area contributed by atoms with Crippen LogP contribution in [0.25, 0.3) is 0 Å². The van der Waals surface area contributed by atoms with Crippen LogP contribution in [-0.2, 0) is 10.8 Å². The van der Waals surface area contributed by atoms with Crippen LogP contribution in [0, 0.1) is 6.92 Å². The minimum absolute atomic E-state index is 0.354. The van der Waals surface area contributed by atoms with E-state index in [1.807, 2.05) is 13.1 Å². The van der Waals surface area contributed by atoms with Crippen LogP contribution >= 0.6 is 15.9 Å². The number of aromatic nitrogens is 1. The van der Waals surface area contributed by atoms with Crippen molar-refractivity contribution >= 4 is 32.5 Å². The van der Waals surface area contributed by atoms with Crippen LogP contribution in [0.15, 0.2) is 16.7 Å². The summed E-state index contributed by atoms with van der Waals surface area (Å²) >= 11 is 3.46. The summed E-state index contributed by atoms with van der Waals surface area (Å²) in [7, 11) is -0.668. The van der Waals surface area contributed by atoms with Gasteiger partial charge in [0.1, 0.15) is 5.82 Å². The molecule has 3 atom stereocenters. The van der Waals surface area contributed by atoms with Gasteiger partial charge in [-0.1, -0.05) is 13.3 Å². The molecule has 1 fully saturated rings. The minimum Gasteiger partial charge on any atom is -0.367 e. The van der Waals surface area contributed by atoms with Gasteiger partial charge in [0.15, 0.2) is 0 Å². The fourth-order valence-electron chi connectivity index (χ4n) is 2.58. The summed E-state index contributed by atoms with van der Waals surface area (Å²) in [5.74, 6) is 1.70. The normalized spacial score (nSPS) is 25.0. The lowest BCUT2D eigenvalue weighted by Crippen LogP contribution is -2.33. The molecule has 1 aromatic heterocycles. The Balaban J connectivity index is 1.98. The summed E-state index contributed by atoms with van der Waals surface area (Å²) in [6, 6.07) is 2.46. The van der Waals surface area contributed by atoms with Crippen molar-refractivity contribution in [3.05, 3.63) is 22.3 Å². The van der Waals surface area contributed by atoms with Crippen molar-refractivity contribution in [2.75, 3.05) is 11.1 Å². The van der Waals surface area contributed by atoms with Gasteiger partial charge in [-0.3, -0.25) is 4.21 Å². The highest BCUT2D eigenvalue weighted by molar-refractivity contribution is 9.10. The minimum atomic E-state index is -0.668. The Morgan fingerprint density at radius 3 is 3.00 bits per heavy atom. The molecule has 19 heavy (non-hydrogen) atoms. The van der Waals surface area contributed by atoms with E-state index in [9.17, 15) is 4.21 Å². The molecule has 1 heterocycles. The fraction of sp³-hybridized carbons (Fsp3) is 0.643. The number of rotatable bonds is 4. The molecule has 1 aliphatic rings. The Hall–Kier alpha value is -0.420. The molecule has 1 saturated carbocycles. The van der Waals surface area contributed by atoms with E-state index in [1.54, 1.807) is 0 Å². The zero-order valence-electron chi connectivity index (χ0n) is 11.5. The second-order valence-corrected chi connectivity index (χ2v) is 7.98. The maximum atomic E-state index is 11.9. The van der Waals surface area contributed by atoms with E-state index in [-0.39, 0.29) is 0 Å². The molecule has 0 aliphatic heterocycles. The zero-order chi connectivity index (χ0) is 13.8. The van der Waals surface area contributed by atoms with Gasteiger partial charge in [-0.15, -0.1) is 0 Å². The van der Waals surface area contributed by atoms with Crippen LogP contribution < -0.4 is 5.32 Å². The molecule has 5 heteroatoms. The summed E-state index contributed by atoms with van der Waals surface area (Å²) in [6.07, 6.45) is 6.24. The van der Waals surface area contributed by atoms with Crippen LogP contribution in [-0.4, -0.2) is 26.2 Å². The van der Waals surface area contributed by atoms with E-state index in [0.717, 1.165) is 41.7 Å². The number of nitrogens with zero attached hydrogens (tertiary/aromatic N) is 1. The Bertz CT molecular complexity index is 467. The van der Waals surface area contributed by atoms with Gasteiger partial charge in [-0.25, -0.2) is 4.98 Å². The highest BCUT2D eigenvalue weighted by Crippen LogP contribution is 2.26. The first-order chi connectivity index (χ1) is 9.10. The third kappa shape index (κ3) is 4.02. The molecule has 1 N–H and O–H groups in total. The average molecular weight is 345 g/mol. The molecule has 0 radical (unpaired) electrons. The van der Waals surface area contributed by atoms with Gasteiger partial charge in [0.05, 0.1) is 0 Å². The lowest BCUT2D eigenvalue weighted by molar-refractivity contribution is 0.464. The van der Waals surface area contributed by atoms with Crippen molar-refractivity contribution < 1.29 is 4.21 Å². The number of hydrogen-bond donors (Lipinski definition) is 1. The first kappa shape index (κ1) is 15.0. The molecule has 1 aromatic rings. The maximum Gasteiger partial charge on any atom is 0.126 e. The first-order valence-electron chi connectivity index (χ1n) is 6.86. The number of nitrogens with one attached hydrogen (secondary N) is 1. The third-order valence-electron chi connectivity index (χ3n) is 3.68. The Morgan fingerprint density at radius 2 is 2.32 bits per heavy atom. The van der Waals surface area contributed by atoms with Gasteiger partial charge in [0, 0.05) is 38.5 Å². The maximum absolute atomic E-state index is 11.9. The standard InChI is InChI=1S/C14H21BrN2OS/c1-3-19(18)12-6-4-5-11(8-12)17-14-7-10(2)13(15)9-16-14/h7,9,11-12H,3-6,8H2,1-2H3,(H,16,17). The lowest BCUT2D eigenvalue weighted by atomic mass is 9.95. The number of pyridine rings is 1. The molecular formula is C14H21BrN2OS. The molecule has 0 spiro atoms. The predicted molar refractivity (Wildman–Crippen MR) is 85.0 cm³/mol. The summed E-state index contributed by atoms with van der Waals surface area (Å²) in [5.41, 5.74) is 1.18. The fourth-order valence-corrected chi connectivity index (χ4v) is 4.14. The molecular weight excluding hydrogens is 324 g/mol.